The fourth-order valence-electron chi connectivity index (χ4n) is 4.11. The number of nitrogens with zero attached hydrogens (tertiary/aromatic N) is 2. The number of benzene rings is 1. The SMILES string of the molecule is CCN1C[C@]2(CCCN(S(=O)(=O)Cc3ccc(C)cc3)C2)CCC1=O. The van der Waals surface area contributed by atoms with Crippen LogP contribution >= 0.6 is 0 Å². The average molecular weight is 365 g/mol. The first-order valence-corrected chi connectivity index (χ1v) is 10.8. The fraction of sp³-hybridized carbons (Fsp3) is 0.632. The van der Waals surface area contributed by atoms with E-state index in [-0.39, 0.29) is 17.1 Å². The van der Waals surface area contributed by atoms with Crippen LogP contribution in [0.2, 0.25) is 0 Å². The molecule has 1 atom stereocenters. The first kappa shape index (κ1) is 18.4. The number of likely N-dealkylation sites (tertiary alicyclic amines) is 1. The minimum Gasteiger partial charge on any atom is -0.342 e. The van der Waals surface area contributed by atoms with Gasteiger partial charge in [0.05, 0.1) is 5.75 Å². The Balaban J connectivity index is 1.74. The number of rotatable bonds is 4. The van der Waals surface area contributed by atoms with Gasteiger partial charge >= 0.3 is 0 Å². The van der Waals surface area contributed by atoms with Gasteiger partial charge < -0.3 is 4.90 Å². The fourth-order valence-corrected chi connectivity index (χ4v) is 5.78. The van der Waals surface area contributed by atoms with Crippen LogP contribution in [0.4, 0.5) is 0 Å². The van der Waals surface area contributed by atoms with E-state index in [4.69, 9.17) is 0 Å². The molecule has 1 amide bonds. The molecular formula is C19H28N2O3S. The van der Waals surface area contributed by atoms with Crippen LogP contribution in [0.25, 0.3) is 0 Å². The molecule has 2 saturated heterocycles. The van der Waals surface area contributed by atoms with E-state index >= 15 is 0 Å². The number of carbonyl (C=O) groups excluding carboxylic acids is 1. The lowest BCUT2D eigenvalue weighted by atomic mass is 9.74. The molecule has 1 aromatic rings. The summed E-state index contributed by atoms with van der Waals surface area (Å²) in [4.78, 5) is 13.9. The van der Waals surface area contributed by atoms with E-state index in [1.54, 1.807) is 4.31 Å². The summed E-state index contributed by atoms with van der Waals surface area (Å²) < 4.78 is 27.5. The number of hydrogen-bond acceptors (Lipinski definition) is 3. The topological polar surface area (TPSA) is 57.7 Å². The lowest BCUT2D eigenvalue weighted by Gasteiger charge is -2.47. The predicted molar refractivity (Wildman–Crippen MR) is 98.5 cm³/mol. The standard InChI is InChI=1S/C19H28N2O3S/c1-3-20-14-19(11-9-18(20)22)10-4-12-21(15-19)25(23,24)13-17-7-5-16(2)6-8-17/h5-8H,3-4,9-15H2,1-2H3/t19-/m0/s1. The molecule has 0 saturated carbocycles. The predicted octanol–water partition coefficient (Wildman–Crippen LogP) is 2.55. The molecule has 0 aliphatic carbocycles. The lowest BCUT2D eigenvalue weighted by molar-refractivity contribution is -0.138. The second-order valence-electron chi connectivity index (χ2n) is 7.59. The summed E-state index contributed by atoms with van der Waals surface area (Å²) in [5.74, 6) is 0.257. The maximum Gasteiger partial charge on any atom is 0.222 e. The van der Waals surface area contributed by atoms with Crippen LogP contribution in [0.3, 0.4) is 0 Å². The van der Waals surface area contributed by atoms with Crippen molar-refractivity contribution in [2.45, 2.75) is 45.3 Å². The Labute approximate surface area is 151 Å². The number of sulfonamides is 1. The zero-order chi connectivity index (χ0) is 18.1. The molecule has 1 spiro atoms. The van der Waals surface area contributed by atoms with Gasteiger partial charge in [0.25, 0.3) is 0 Å². The maximum atomic E-state index is 12.9. The van der Waals surface area contributed by atoms with Crippen LogP contribution in [-0.4, -0.2) is 49.7 Å². The summed E-state index contributed by atoms with van der Waals surface area (Å²) in [6.45, 7) is 6.53. The number of hydrogen-bond donors (Lipinski definition) is 0. The molecule has 5 nitrogen and oxygen atoms in total. The van der Waals surface area contributed by atoms with E-state index in [9.17, 15) is 13.2 Å². The van der Waals surface area contributed by atoms with Crippen LogP contribution in [0.5, 0.6) is 0 Å². The van der Waals surface area contributed by atoms with E-state index in [0.717, 1.165) is 30.4 Å². The van der Waals surface area contributed by atoms with Gasteiger partial charge in [0, 0.05) is 38.0 Å². The van der Waals surface area contributed by atoms with E-state index in [1.807, 2.05) is 43.0 Å². The molecule has 2 aliphatic heterocycles. The van der Waals surface area contributed by atoms with Crippen molar-refractivity contribution in [1.29, 1.82) is 0 Å². The molecule has 1 aromatic carbocycles. The highest BCUT2D eigenvalue weighted by molar-refractivity contribution is 7.88. The molecule has 138 valence electrons. The highest BCUT2D eigenvalue weighted by atomic mass is 32.2. The van der Waals surface area contributed by atoms with Gasteiger partial charge in [0.15, 0.2) is 0 Å². The van der Waals surface area contributed by atoms with Gasteiger partial charge in [0.1, 0.15) is 0 Å². The van der Waals surface area contributed by atoms with Crippen LogP contribution < -0.4 is 0 Å². The number of piperidine rings is 2. The van der Waals surface area contributed by atoms with Gasteiger partial charge in [-0.25, -0.2) is 12.7 Å². The van der Waals surface area contributed by atoms with Gasteiger partial charge in [-0.15, -0.1) is 0 Å². The summed E-state index contributed by atoms with van der Waals surface area (Å²) >= 11 is 0. The van der Waals surface area contributed by atoms with Crippen molar-refractivity contribution in [3.05, 3.63) is 35.4 Å². The molecule has 2 fully saturated rings. The highest BCUT2D eigenvalue weighted by Gasteiger charge is 2.43. The normalized spacial score (nSPS) is 25.5. The number of carbonyl (C=O) groups is 1. The summed E-state index contributed by atoms with van der Waals surface area (Å²) in [7, 11) is -3.33. The summed E-state index contributed by atoms with van der Waals surface area (Å²) in [5.41, 5.74) is 1.89. The second-order valence-corrected chi connectivity index (χ2v) is 9.56. The van der Waals surface area contributed by atoms with Crippen molar-refractivity contribution in [1.82, 2.24) is 9.21 Å². The smallest absolute Gasteiger partial charge is 0.222 e. The third kappa shape index (κ3) is 4.06. The highest BCUT2D eigenvalue weighted by Crippen LogP contribution is 2.39. The quantitative estimate of drug-likeness (QED) is 0.825. The van der Waals surface area contributed by atoms with E-state index < -0.39 is 10.0 Å². The summed E-state index contributed by atoms with van der Waals surface area (Å²) in [6.07, 6.45) is 3.23. The zero-order valence-corrected chi connectivity index (χ0v) is 16.0. The lowest BCUT2D eigenvalue weighted by Crippen LogP contribution is -2.55. The summed E-state index contributed by atoms with van der Waals surface area (Å²) in [5, 5.41) is 0. The maximum absolute atomic E-state index is 12.9. The van der Waals surface area contributed by atoms with Crippen LogP contribution in [0.1, 0.15) is 43.7 Å². The molecule has 25 heavy (non-hydrogen) atoms. The average Bonchev–Trinajstić information content (AvgIpc) is 2.59. The number of aryl methyl sites for hydroxylation is 1. The third-order valence-electron chi connectivity index (χ3n) is 5.62. The van der Waals surface area contributed by atoms with Crippen LogP contribution in [0.15, 0.2) is 24.3 Å². The monoisotopic (exact) mass is 364 g/mol. The molecule has 6 heteroatoms. The Bertz CT molecular complexity index is 730. The minimum atomic E-state index is -3.33. The van der Waals surface area contributed by atoms with Gasteiger partial charge in [-0.05, 0) is 38.7 Å². The molecular weight excluding hydrogens is 336 g/mol. The van der Waals surface area contributed by atoms with Crippen molar-refractivity contribution < 1.29 is 13.2 Å². The van der Waals surface area contributed by atoms with E-state index in [2.05, 4.69) is 0 Å². The second kappa shape index (κ2) is 7.08. The first-order valence-electron chi connectivity index (χ1n) is 9.15. The Morgan fingerprint density at radius 3 is 2.52 bits per heavy atom. The molecule has 0 N–H and O–H groups in total. The van der Waals surface area contributed by atoms with Gasteiger partial charge in [0.2, 0.25) is 15.9 Å². The van der Waals surface area contributed by atoms with Crippen molar-refractivity contribution in [3.8, 4) is 0 Å². The molecule has 2 aliphatic rings. The van der Waals surface area contributed by atoms with Crippen molar-refractivity contribution in [2.75, 3.05) is 26.2 Å². The molecule has 0 bridgehead atoms. The van der Waals surface area contributed by atoms with Gasteiger partial charge in [-0.1, -0.05) is 29.8 Å². The Kier molecular flexibility index (Phi) is 5.21. The van der Waals surface area contributed by atoms with Gasteiger partial charge in [-0.3, -0.25) is 4.79 Å². The number of amides is 1. The Hall–Kier alpha value is -1.40. The van der Waals surface area contributed by atoms with E-state index in [0.29, 0.717) is 32.6 Å². The third-order valence-corrected chi connectivity index (χ3v) is 7.42. The Morgan fingerprint density at radius 1 is 1.12 bits per heavy atom. The first-order chi connectivity index (χ1) is 11.8. The van der Waals surface area contributed by atoms with Crippen molar-refractivity contribution >= 4 is 15.9 Å². The zero-order valence-electron chi connectivity index (χ0n) is 15.2. The van der Waals surface area contributed by atoms with Crippen LogP contribution in [0, 0.1) is 12.3 Å². The molecule has 3 rings (SSSR count). The van der Waals surface area contributed by atoms with Crippen molar-refractivity contribution in [2.24, 2.45) is 5.41 Å². The molecule has 0 aromatic heterocycles. The van der Waals surface area contributed by atoms with Crippen molar-refractivity contribution in [3.63, 3.8) is 0 Å². The Morgan fingerprint density at radius 2 is 1.84 bits per heavy atom. The van der Waals surface area contributed by atoms with Gasteiger partial charge in [-0.2, -0.15) is 0 Å². The van der Waals surface area contributed by atoms with Crippen LogP contribution in [-0.2, 0) is 20.6 Å². The minimum absolute atomic E-state index is 0.0553. The summed E-state index contributed by atoms with van der Waals surface area (Å²) in [6, 6.07) is 7.69. The molecule has 0 radical (unpaired) electrons. The molecule has 0 unspecified atom stereocenters. The molecule has 2 heterocycles. The van der Waals surface area contributed by atoms with E-state index in [1.165, 1.54) is 0 Å². The largest absolute Gasteiger partial charge is 0.342 e.